The van der Waals surface area contributed by atoms with Crippen molar-refractivity contribution in [2.75, 3.05) is 26.7 Å². The number of aryl methyl sites for hydroxylation is 1. The minimum atomic E-state index is -0.108. The Hall–Kier alpha value is -2.34. The first-order valence-electron chi connectivity index (χ1n) is 7.27. The number of benzene rings is 1. The van der Waals surface area contributed by atoms with Gasteiger partial charge < -0.3 is 19.4 Å². The number of oxazole rings is 1. The number of rotatable bonds is 3. The first-order valence-corrected chi connectivity index (χ1v) is 7.27. The lowest BCUT2D eigenvalue weighted by molar-refractivity contribution is 0.0624. The summed E-state index contributed by atoms with van der Waals surface area (Å²) in [4.78, 5) is 18.7. The summed E-state index contributed by atoms with van der Waals surface area (Å²) in [6.07, 6.45) is 1.31. The van der Waals surface area contributed by atoms with E-state index in [1.54, 1.807) is 14.0 Å². The number of ether oxygens (including phenoxy) is 1. The van der Waals surface area contributed by atoms with Crippen LogP contribution in [0, 0.1) is 6.92 Å². The molecule has 1 aromatic carbocycles. The van der Waals surface area contributed by atoms with E-state index in [-0.39, 0.29) is 11.9 Å². The van der Waals surface area contributed by atoms with Crippen molar-refractivity contribution in [1.29, 1.82) is 0 Å². The molecular formula is C16H19N3O3. The molecule has 0 radical (unpaired) electrons. The van der Waals surface area contributed by atoms with Crippen LogP contribution in [0.2, 0.25) is 0 Å². The van der Waals surface area contributed by atoms with Gasteiger partial charge in [-0.05, 0) is 13.0 Å². The molecule has 0 aliphatic carbocycles. The second kappa shape index (κ2) is 6.19. The summed E-state index contributed by atoms with van der Waals surface area (Å²) in [5, 5.41) is 3.34. The van der Waals surface area contributed by atoms with Gasteiger partial charge in [0.05, 0.1) is 13.2 Å². The molecule has 0 bridgehead atoms. The van der Waals surface area contributed by atoms with Crippen molar-refractivity contribution in [1.82, 2.24) is 15.2 Å². The van der Waals surface area contributed by atoms with Gasteiger partial charge in [-0.2, -0.15) is 0 Å². The van der Waals surface area contributed by atoms with E-state index in [9.17, 15) is 4.79 Å². The fraction of sp³-hybridized carbons (Fsp3) is 0.375. The lowest BCUT2D eigenvalue weighted by atomic mass is 10.0. The summed E-state index contributed by atoms with van der Waals surface area (Å²) in [6.45, 7) is 3.81. The Morgan fingerprint density at radius 3 is 3.00 bits per heavy atom. The fourth-order valence-corrected chi connectivity index (χ4v) is 2.81. The summed E-state index contributed by atoms with van der Waals surface area (Å²) in [7, 11) is 1.64. The molecule has 3 rings (SSSR count). The van der Waals surface area contributed by atoms with Crippen LogP contribution >= 0.6 is 0 Å². The number of nitrogens with zero attached hydrogens (tertiary/aromatic N) is 2. The van der Waals surface area contributed by atoms with Crippen LogP contribution in [-0.4, -0.2) is 42.5 Å². The average Bonchev–Trinajstić information content (AvgIpc) is 3.00. The Morgan fingerprint density at radius 1 is 1.45 bits per heavy atom. The molecule has 0 spiro atoms. The van der Waals surface area contributed by atoms with Crippen LogP contribution in [0.4, 0.5) is 0 Å². The monoisotopic (exact) mass is 301 g/mol. The van der Waals surface area contributed by atoms with Gasteiger partial charge >= 0.3 is 0 Å². The zero-order chi connectivity index (χ0) is 15.5. The van der Waals surface area contributed by atoms with Gasteiger partial charge in [0.1, 0.15) is 11.5 Å². The second-order valence-corrected chi connectivity index (χ2v) is 5.22. The van der Waals surface area contributed by atoms with E-state index >= 15 is 0 Å². The summed E-state index contributed by atoms with van der Waals surface area (Å²) in [5.74, 6) is 1.22. The van der Waals surface area contributed by atoms with Crippen LogP contribution in [0.15, 0.2) is 35.1 Å². The number of methoxy groups -OCH3 is 1. The zero-order valence-electron chi connectivity index (χ0n) is 12.7. The molecule has 22 heavy (non-hydrogen) atoms. The van der Waals surface area contributed by atoms with Crippen LogP contribution in [-0.2, 0) is 0 Å². The molecule has 1 aromatic heterocycles. The quantitative estimate of drug-likeness (QED) is 0.936. The number of nitrogens with one attached hydrogen (secondary N) is 1. The van der Waals surface area contributed by atoms with Gasteiger partial charge in [-0.1, -0.05) is 18.2 Å². The lowest BCUT2D eigenvalue weighted by Gasteiger charge is -2.36. The predicted octanol–water partition coefficient (Wildman–Crippen LogP) is 1.78. The van der Waals surface area contributed by atoms with Gasteiger partial charge in [0.2, 0.25) is 0 Å². The van der Waals surface area contributed by atoms with E-state index in [0.29, 0.717) is 24.5 Å². The van der Waals surface area contributed by atoms with Crippen molar-refractivity contribution in [2.45, 2.75) is 13.0 Å². The van der Waals surface area contributed by atoms with Gasteiger partial charge in [-0.3, -0.25) is 4.79 Å². The van der Waals surface area contributed by atoms with Crippen LogP contribution in [0.3, 0.4) is 0 Å². The van der Waals surface area contributed by atoms with Crippen LogP contribution in [0.5, 0.6) is 5.75 Å². The SMILES string of the molecule is COc1ccccc1C1CNCCN1C(=O)c1ncoc1C. The highest BCUT2D eigenvalue weighted by atomic mass is 16.5. The highest BCUT2D eigenvalue weighted by Gasteiger charge is 2.32. The number of aromatic nitrogens is 1. The van der Waals surface area contributed by atoms with Gasteiger partial charge in [0.15, 0.2) is 12.1 Å². The number of para-hydroxylation sites is 1. The van der Waals surface area contributed by atoms with Crippen LogP contribution in [0.25, 0.3) is 0 Å². The van der Waals surface area contributed by atoms with E-state index in [1.165, 1.54) is 6.39 Å². The maximum Gasteiger partial charge on any atom is 0.276 e. The molecule has 6 nitrogen and oxygen atoms in total. The first-order chi connectivity index (χ1) is 10.7. The topological polar surface area (TPSA) is 67.6 Å². The van der Waals surface area contributed by atoms with Gasteiger partial charge in [-0.15, -0.1) is 0 Å². The van der Waals surface area contributed by atoms with Gasteiger partial charge in [-0.25, -0.2) is 4.98 Å². The summed E-state index contributed by atoms with van der Waals surface area (Å²) in [6, 6.07) is 7.69. The molecule has 1 fully saturated rings. The van der Waals surface area contributed by atoms with Crippen LogP contribution in [0.1, 0.15) is 27.9 Å². The Balaban J connectivity index is 1.95. The summed E-state index contributed by atoms with van der Waals surface area (Å²) in [5.41, 5.74) is 1.37. The molecule has 116 valence electrons. The van der Waals surface area contributed by atoms with Gasteiger partial charge in [0, 0.05) is 25.2 Å². The van der Waals surface area contributed by atoms with E-state index in [1.807, 2.05) is 29.2 Å². The van der Waals surface area contributed by atoms with Crippen molar-refractivity contribution in [3.8, 4) is 5.75 Å². The third-order valence-electron chi connectivity index (χ3n) is 3.95. The Bertz CT molecular complexity index is 668. The Kier molecular flexibility index (Phi) is 4.11. The molecule has 1 atom stereocenters. The molecule has 1 N–H and O–H groups in total. The molecule has 1 unspecified atom stereocenters. The molecule has 0 saturated carbocycles. The van der Waals surface area contributed by atoms with E-state index in [4.69, 9.17) is 9.15 Å². The standard InChI is InChI=1S/C16H19N3O3/c1-11-15(18-10-22-11)16(20)19-8-7-17-9-13(19)12-5-3-4-6-14(12)21-2/h3-6,10,13,17H,7-9H2,1-2H3. The minimum absolute atomic E-state index is 0.0894. The normalized spacial score (nSPS) is 18.3. The van der Waals surface area contributed by atoms with E-state index < -0.39 is 0 Å². The van der Waals surface area contributed by atoms with Crippen molar-refractivity contribution in [2.24, 2.45) is 0 Å². The molecule has 2 heterocycles. The number of carbonyl (C=O) groups is 1. The van der Waals surface area contributed by atoms with Gasteiger partial charge in [0.25, 0.3) is 5.91 Å². The molecule has 1 aliphatic rings. The highest BCUT2D eigenvalue weighted by molar-refractivity contribution is 5.93. The number of carbonyl (C=O) groups excluding carboxylic acids is 1. The predicted molar refractivity (Wildman–Crippen MR) is 80.9 cm³/mol. The lowest BCUT2D eigenvalue weighted by Crippen LogP contribution is -2.49. The Morgan fingerprint density at radius 2 is 2.27 bits per heavy atom. The summed E-state index contributed by atoms with van der Waals surface area (Å²) < 4.78 is 10.6. The fourth-order valence-electron chi connectivity index (χ4n) is 2.81. The number of piperazine rings is 1. The molecule has 1 aliphatic heterocycles. The highest BCUT2D eigenvalue weighted by Crippen LogP contribution is 2.31. The zero-order valence-corrected chi connectivity index (χ0v) is 12.7. The minimum Gasteiger partial charge on any atom is -0.496 e. The molecule has 2 aromatic rings. The number of amides is 1. The molecule has 1 amide bonds. The Labute approximate surface area is 129 Å². The smallest absolute Gasteiger partial charge is 0.276 e. The largest absolute Gasteiger partial charge is 0.496 e. The second-order valence-electron chi connectivity index (χ2n) is 5.22. The maximum absolute atomic E-state index is 12.8. The van der Waals surface area contributed by atoms with Crippen molar-refractivity contribution in [3.63, 3.8) is 0 Å². The first kappa shape index (κ1) is 14.6. The average molecular weight is 301 g/mol. The van der Waals surface area contributed by atoms with E-state index in [2.05, 4.69) is 10.3 Å². The third kappa shape index (κ3) is 2.57. The number of hydrogen-bond donors (Lipinski definition) is 1. The molecule has 1 saturated heterocycles. The maximum atomic E-state index is 12.8. The van der Waals surface area contributed by atoms with E-state index in [0.717, 1.165) is 17.9 Å². The third-order valence-corrected chi connectivity index (χ3v) is 3.95. The molecule has 6 heteroatoms. The van der Waals surface area contributed by atoms with Crippen LogP contribution < -0.4 is 10.1 Å². The summed E-state index contributed by atoms with van der Waals surface area (Å²) >= 11 is 0. The van der Waals surface area contributed by atoms with Crippen molar-refractivity contribution < 1.29 is 13.9 Å². The number of hydrogen-bond acceptors (Lipinski definition) is 5. The molecular weight excluding hydrogens is 282 g/mol. The van der Waals surface area contributed by atoms with Crippen molar-refractivity contribution >= 4 is 5.91 Å². The van der Waals surface area contributed by atoms with Crippen molar-refractivity contribution in [3.05, 3.63) is 47.7 Å².